The van der Waals surface area contributed by atoms with Gasteiger partial charge in [0.2, 0.25) is 0 Å². The van der Waals surface area contributed by atoms with Crippen molar-refractivity contribution in [3.05, 3.63) is 0 Å². The van der Waals surface area contributed by atoms with E-state index >= 15 is 0 Å². The summed E-state index contributed by atoms with van der Waals surface area (Å²) in [6.07, 6.45) is 0.987. The Labute approximate surface area is 86.5 Å². The fraction of sp³-hybridized carbons (Fsp3) is 0.900. The fourth-order valence-corrected chi connectivity index (χ4v) is 1.22. The average Bonchev–Trinajstić information content (AvgIpc) is 2.10. The molecule has 0 rings (SSSR count). The van der Waals surface area contributed by atoms with Gasteiger partial charge in [-0.1, -0.05) is 6.92 Å². The molecule has 0 aliphatic heterocycles. The largest absolute Gasteiger partial charge is 0.480 e. The Kier molecular flexibility index (Phi) is 6.49. The van der Waals surface area contributed by atoms with Crippen molar-refractivity contribution in [2.45, 2.75) is 26.3 Å². The Bertz CT molecular complexity index is 172. The molecular formula is C10H22N2O2. The highest BCUT2D eigenvalue weighted by molar-refractivity contribution is 5.69. The van der Waals surface area contributed by atoms with Crippen LogP contribution in [0.15, 0.2) is 0 Å². The topological polar surface area (TPSA) is 43.8 Å². The predicted molar refractivity (Wildman–Crippen MR) is 57.5 cm³/mol. The van der Waals surface area contributed by atoms with E-state index in [9.17, 15) is 4.79 Å². The highest BCUT2D eigenvalue weighted by Gasteiger charge is 2.14. The molecule has 0 aliphatic carbocycles. The summed E-state index contributed by atoms with van der Waals surface area (Å²) in [6, 6.07) is 0.339. The van der Waals surface area contributed by atoms with Crippen LogP contribution in [-0.4, -0.2) is 60.6 Å². The van der Waals surface area contributed by atoms with Gasteiger partial charge in [-0.2, -0.15) is 0 Å². The van der Waals surface area contributed by atoms with Crippen LogP contribution in [0.5, 0.6) is 0 Å². The highest BCUT2D eigenvalue weighted by atomic mass is 16.4. The second-order valence-corrected chi connectivity index (χ2v) is 3.92. The van der Waals surface area contributed by atoms with Gasteiger partial charge < -0.3 is 10.0 Å². The van der Waals surface area contributed by atoms with E-state index in [1.807, 2.05) is 19.0 Å². The van der Waals surface area contributed by atoms with Crippen LogP contribution >= 0.6 is 0 Å². The van der Waals surface area contributed by atoms with Gasteiger partial charge in [0.15, 0.2) is 0 Å². The summed E-state index contributed by atoms with van der Waals surface area (Å²) < 4.78 is 0. The maximum Gasteiger partial charge on any atom is 0.317 e. The van der Waals surface area contributed by atoms with Crippen molar-refractivity contribution in [2.24, 2.45) is 0 Å². The number of likely N-dealkylation sites (N-methyl/N-ethyl adjacent to an activating group) is 1. The van der Waals surface area contributed by atoms with Crippen LogP contribution in [0.25, 0.3) is 0 Å². The van der Waals surface area contributed by atoms with Gasteiger partial charge in [-0.15, -0.1) is 0 Å². The second-order valence-electron chi connectivity index (χ2n) is 3.92. The molecule has 1 unspecified atom stereocenters. The molecule has 0 aromatic carbocycles. The van der Waals surface area contributed by atoms with Gasteiger partial charge in [-0.3, -0.25) is 9.69 Å². The number of hydrogen-bond donors (Lipinski definition) is 1. The molecule has 4 heteroatoms. The average molecular weight is 202 g/mol. The number of carboxylic acid groups (broad SMARTS) is 1. The minimum atomic E-state index is -0.746. The predicted octanol–water partition coefficient (Wildman–Crippen LogP) is 0.733. The lowest BCUT2D eigenvalue weighted by atomic mass is 10.2. The number of hydrogen-bond acceptors (Lipinski definition) is 3. The molecule has 0 amide bonds. The van der Waals surface area contributed by atoms with Crippen LogP contribution < -0.4 is 0 Å². The molecule has 0 aromatic rings. The minimum Gasteiger partial charge on any atom is -0.480 e. The maximum atomic E-state index is 10.6. The molecule has 1 atom stereocenters. The first kappa shape index (κ1) is 13.4. The second kappa shape index (κ2) is 6.79. The maximum absolute atomic E-state index is 10.6. The van der Waals surface area contributed by atoms with E-state index in [0.29, 0.717) is 6.04 Å². The normalized spacial score (nSPS) is 13.6. The molecule has 0 fully saturated rings. The Morgan fingerprint density at radius 2 is 1.93 bits per heavy atom. The van der Waals surface area contributed by atoms with Crippen LogP contribution in [0.2, 0.25) is 0 Å². The molecule has 84 valence electrons. The lowest BCUT2D eigenvalue weighted by Crippen LogP contribution is -2.41. The molecule has 0 bridgehead atoms. The first-order chi connectivity index (χ1) is 6.47. The molecule has 0 aromatic heterocycles. The number of carboxylic acids is 1. The van der Waals surface area contributed by atoms with E-state index in [1.54, 1.807) is 0 Å². The lowest BCUT2D eigenvalue weighted by molar-refractivity contribution is -0.138. The molecular weight excluding hydrogens is 180 g/mol. The lowest BCUT2D eigenvalue weighted by Gasteiger charge is -2.27. The Morgan fingerprint density at radius 1 is 1.36 bits per heavy atom. The Morgan fingerprint density at radius 3 is 2.29 bits per heavy atom. The molecule has 4 nitrogen and oxygen atoms in total. The van der Waals surface area contributed by atoms with Crippen LogP contribution in [0.4, 0.5) is 0 Å². The third-order valence-electron chi connectivity index (χ3n) is 2.39. The first-order valence-electron chi connectivity index (χ1n) is 5.08. The molecule has 0 spiro atoms. The number of aliphatic carboxylic acids is 1. The first-order valence-corrected chi connectivity index (χ1v) is 5.08. The SMILES string of the molecule is CCC(C)N(CCN(C)C)CC(=O)O. The molecule has 0 heterocycles. The summed E-state index contributed by atoms with van der Waals surface area (Å²) >= 11 is 0. The number of carbonyl (C=O) groups is 1. The smallest absolute Gasteiger partial charge is 0.317 e. The van der Waals surface area contributed by atoms with Gasteiger partial charge in [0.05, 0.1) is 6.54 Å². The van der Waals surface area contributed by atoms with Crippen molar-refractivity contribution in [1.82, 2.24) is 9.80 Å². The third kappa shape index (κ3) is 5.94. The monoisotopic (exact) mass is 202 g/mol. The zero-order chi connectivity index (χ0) is 11.1. The number of nitrogens with zero attached hydrogens (tertiary/aromatic N) is 2. The molecule has 0 aliphatic rings. The Hall–Kier alpha value is -0.610. The summed E-state index contributed by atoms with van der Waals surface area (Å²) in [4.78, 5) is 14.7. The zero-order valence-corrected chi connectivity index (χ0v) is 9.66. The summed E-state index contributed by atoms with van der Waals surface area (Å²) in [5.74, 6) is -0.746. The van der Waals surface area contributed by atoms with Crippen LogP contribution in [0.1, 0.15) is 20.3 Å². The van der Waals surface area contributed by atoms with E-state index < -0.39 is 5.97 Å². The fourth-order valence-electron chi connectivity index (χ4n) is 1.22. The van der Waals surface area contributed by atoms with E-state index in [0.717, 1.165) is 19.5 Å². The van der Waals surface area contributed by atoms with Crippen molar-refractivity contribution < 1.29 is 9.90 Å². The quantitative estimate of drug-likeness (QED) is 0.661. The molecule has 1 N–H and O–H groups in total. The number of rotatable bonds is 7. The van der Waals surface area contributed by atoms with Crippen molar-refractivity contribution in [2.75, 3.05) is 33.7 Å². The van der Waals surface area contributed by atoms with Crippen LogP contribution in [0.3, 0.4) is 0 Å². The summed E-state index contributed by atoms with van der Waals surface area (Å²) in [5.41, 5.74) is 0. The van der Waals surface area contributed by atoms with Gasteiger partial charge in [0, 0.05) is 19.1 Å². The van der Waals surface area contributed by atoms with Crippen LogP contribution in [0, 0.1) is 0 Å². The zero-order valence-electron chi connectivity index (χ0n) is 9.66. The van der Waals surface area contributed by atoms with Crippen LogP contribution in [-0.2, 0) is 4.79 Å². The molecule has 0 saturated heterocycles. The molecule has 0 radical (unpaired) electrons. The van der Waals surface area contributed by atoms with Gasteiger partial charge in [-0.25, -0.2) is 0 Å². The summed E-state index contributed by atoms with van der Waals surface area (Å²) in [6.45, 7) is 6.00. The van der Waals surface area contributed by atoms with Crippen molar-refractivity contribution in [1.29, 1.82) is 0 Å². The van der Waals surface area contributed by atoms with Gasteiger partial charge in [0.25, 0.3) is 0 Å². The molecule has 0 saturated carbocycles. The highest BCUT2D eigenvalue weighted by Crippen LogP contribution is 2.02. The van der Waals surface area contributed by atoms with Gasteiger partial charge in [-0.05, 0) is 27.4 Å². The Balaban J connectivity index is 4.03. The standard InChI is InChI=1S/C10H22N2O2/c1-5-9(2)12(8-10(13)14)7-6-11(3)4/h9H,5-8H2,1-4H3,(H,13,14). The summed E-state index contributed by atoms with van der Waals surface area (Å²) in [5, 5.41) is 8.74. The van der Waals surface area contributed by atoms with Gasteiger partial charge >= 0.3 is 5.97 Å². The van der Waals surface area contributed by atoms with Gasteiger partial charge in [0.1, 0.15) is 0 Å². The van der Waals surface area contributed by atoms with E-state index in [2.05, 4.69) is 18.7 Å². The molecule has 14 heavy (non-hydrogen) atoms. The van der Waals surface area contributed by atoms with E-state index in [4.69, 9.17) is 5.11 Å². The minimum absolute atomic E-state index is 0.142. The van der Waals surface area contributed by atoms with Crippen molar-refractivity contribution in [3.8, 4) is 0 Å². The van der Waals surface area contributed by atoms with E-state index in [-0.39, 0.29) is 6.54 Å². The third-order valence-corrected chi connectivity index (χ3v) is 2.39. The van der Waals surface area contributed by atoms with Crippen molar-refractivity contribution in [3.63, 3.8) is 0 Å². The van der Waals surface area contributed by atoms with Crippen molar-refractivity contribution >= 4 is 5.97 Å². The summed E-state index contributed by atoms with van der Waals surface area (Å²) in [7, 11) is 3.99. The van der Waals surface area contributed by atoms with E-state index in [1.165, 1.54) is 0 Å².